The van der Waals surface area contributed by atoms with Gasteiger partial charge >= 0.3 is 5.97 Å². The smallest absolute Gasteiger partial charge is 0.322 e. The summed E-state index contributed by atoms with van der Waals surface area (Å²) in [6.07, 6.45) is 0.685. The molecule has 16 heavy (non-hydrogen) atoms. The van der Waals surface area contributed by atoms with Gasteiger partial charge in [0.2, 0.25) is 0 Å². The van der Waals surface area contributed by atoms with Crippen molar-refractivity contribution in [2.45, 2.75) is 25.9 Å². The second-order valence-electron chi connectivity index (χ2n) is 3.53. The first-order chi connectivity index (χ1) is 7.67. The Kier molecular flexibility index (Phi) is 4.79. The van der Waals surface area contributed by atoms with Crippen LogP contribution in [0, 0.1) is 0 Å². The fourth-order valence-electron chi connectivity index (χ4n) is 1.39. The van der Waals surface area contributed by atoms with Crippen LogP contribution in [0.15, 0.2) is 24.3 Å². The number of rotatable bonds is 5. The first kappa shape index (κ1) is 12.5. The summed E-state index contributed by atoms with van der Waals surface area (Å²) in [4.78, 5) is 11.3. The summed E-state index contributed by atoms with van der Waals surface area (Å²) in [7, 11) is 1.38. The Hall–Kier alpha value is -1.55. The summed E-state index contributed by atoms with van der Waals surface area (Å²) in [6, 6.07) is 6.59. The normalized spacial score (nSPS) is 12.1. The van der Waals surface area contributed by atoms with Crippen LogP contribution in [0.3, 0.4) is 0 Å². The third kappa shape index (κ3) is 3.55. The standard InChI is InChI=1S/C12H17NO3/c1-3-11(12(15)16-2)13-8-9-4-6-10(14)7-5-9/h4-7,11,13-14H,3,8H2,1-2H3. The third-order valence-electron chi connectivity index (χ3n) is 2.38. The van der Waals surface area contributed by atoms with Crippen molar-refractivity contribution in [3.63, 3.8) is 0 Å². The van der Waals surface area contributed by atoms with Gasteiger partial charge in [-0.1, -0.05) is 19.1 Å². The van der Waals surface area contributed by atoms with E-state index in [1.54, 1.807) is 12.1 Å². The van der Waals surface area contributed by atoms with E-state index in [-0.39, 0.29) is 17.8 Å². The van der Waals surface area contributed by atoms with Gasteiger partial charge in [-0.15, -0.1) is 0 Å². The number of aromatic hydroxyl groups is 1. The monoisotopic (exact) mass is 223 g/mol. The van der Waals surface area contributed by atoms with Crippen LogP contribution in [0.1, 0.15) is 18.9 Å². The second-order valence-corrected chi connectivity index (χ2v) is 3.53. The number of ether oxygens (including phenoxy) is 1. The molecule has 1 unspecified atom stereocenters. The van der Waals surface area contributed by atoms with Gasteiger partial charge in [0.1, 0.15) is 11.8 Å². The Morgan fingerprint density at radius 2 is 2.06 bits per heavy atom. The number of esters is 1. The molecule has 0 aromatic heterocycles. The summed E-state index contributed by atoms with van der Waals surface area (Å²) in [6.45, 7) is 2.50. The largest absolute Gasteiger partial charge is 0.508 e. The Morgan fingerprint density at radius 3 is 2.56 bits per heavy atom. The fourth-order valence-corrected chi connectivity index (χ4v) is 1.39. The van der Waals surface area contributed by atoms with Crippen molar-refractivity contribution in [3.8, 4) is 5.75 Å². The van der Waals surface area contributed by atoms with Crippen LogP contribution in [0.4, 0.5) is 0 Å². The molecule has 0 saturated carbocycles. The van der Waals surface area contributed by atoms with E-state index in [9.17, 15) is 4.79 Å². The predicted molar refractivity (Wildman–Crippen MR) is 61.0 cm³/mol. The van der Waals surface area contributed by atoms with E-state index < -0.39 is 0 Å². The topological polar surface area (TPSA) is 58.6 Å². The lowest BCUT2D eigenvalue weighted by Gasteiger charge is -2.14. The van der Waals surface area contributed by atoms with Crippen molar-refractivity contribution in [3.05, 3.63) is 29.8 Å². The molecule has 0 saturated heterocycles. The molecule has 1 aromatic carbocycles. The van der Waals surface area contributed by atoms with Gasteiger partial charge in [-0.2, -0.15) is 0 Å². The van der Waals surface area contributed by atoms with Crippen LogP contribution < -0.4 is 5.32 Å². The minimum absolute atomic E-state index is 0.240. The number of hydrogen-bond donors (Lipinski definition) is 2. The number of benzene rings is 1. The van der Waals surface area contributed by atoms with Gasteiger partial charge in [-0.3, -0.25) is 4.79 Å². The lowest BCUT2D eigenvalue weighted by molar-refractivity contribution is -0.143. The van der Waals surface area contributed by atoms with Crippen molar-refractivity contribution in [1.82, 2.24) is 5.32 Å². The highest BCUT2D eigenvalue weighted by Gasteiger charge is 2.15. The number of phenols is 1. The number of nitrogens with one attached hydrogen (secondary N) is 1. The molecular formula is C12H17NO3. The SMILES string of the molecule is CCC(NCc1ccc(O)cc1)C(=O)OC. The van der Waals surface area contributed by atoms with E-state index in [1.807, 2.05) is 19.1 Å². The van der Waals surface area contributed by atoms with E-state index >= 15 is 0 Å². The third-order valence-corrected chi connectivity index (χ3v) is 2.38. The molecule has 0 heterocycles. The second kappa shape index (κ2) is 6.12. The molecule has 2 N–H and O–H groups in total. The van der Waals surface area contributed by atoms with Gasteiger partial charge in [-0.05, 0) is 24.1 Å². The van der Waals surface area contributed by atoms with Crippen LogP contribution in [0.2, 0.25) is 0 Å². The summed E-state index contributed by atoms with van der Waals surface area (Å²) in [5.41, 5.74) is 1.01. The maximum atomic E-state index is 11.3. The molecule has 0 aliphatic heterocycles. The number of methoxy groups -OCH3 is 1. The summed E-state index contributed by atoms with van der Waals surface area (Å²) >= 11 is 0. The van der Waals surface area contributed by atoms with E-state index in [0.29, 0.717) is 13.0 Å². The molecule has 0 aliphatic carbocycles. The van der Waals surface area contributed by atoms with E-state index in [2.05, 4.69) is 10.1 Å². The van der Waals surface area contributed by atoms with E-state index in [1.165, 1.54) is 7.11 Å². The van der Waals surface area contributed by atoms with Gasteiger partial charge in [0.05, 0.1) is 7.11 Å². The van der Waals surface area contributed by atoms with Crippen molar-refractivity contribution in [2.75, 3.05) is 7.11 Å². The van der Waals surface area contributed by atoms with Crippen LogP contribution in [-0.2, 0) is 16.1 Å². The van der Waals surface area contributed by atoms with Gasteiger partial charge in [0.25, 0.3) is 0 Å². The lowest BCUT2D eigenvalue weighted by atomic mass is 10.2. The maximum absolute atomic E-state index is 11.3. The zero-order chi connectivity index (χ0) is 12.0. The molecule has 4 heteroatoms. The van der Waals surface area contributed by atoms with Crippen LogP contribution in [-0.4, -0.2) is 24.2 Å². The molecule has 88 valence electrons. The molecule has 1 rings (SSSR count). The minimum atomic E-state index is -0.279. The predicted octanol–water partition coefficient (Wildman–Crippen LogP) is 1.43. The lowest BCUT2D eigenvalue weighted by Crippen LogP contribution is -2.36. The zero-order valence-electron chi connectivity index (χ0n) is 9.56. The van der Waals surface area contributed by atoms with Crippen molar-refractivity contribution in [2.24, 2.45) is 0 Å². The highest BCUT2D eigenvalue weighted by atomic mass is 16.5. The van der Waals surface area contributed by atoms with Gasteiger partial charge in [0.15, 0.2) is 0 Å². The zero-order valence-corrected chi connectivity index (χ0v) is 9.56. The molecule has 0 aliphatic rings. The first-order valence-electron chi connectivity index (χ1n) is 5.26. The van der Waals surface area contributed by atoms with Gasteiger partial charge in [0, 0.05) is 6.54 Å². The van der Waals surface area contributed by atoms with Crippen LogP contribution in [0.25, 0.3) is 0 Å². The van der Waals surface area contributed by atoms with E-state index in [0.717, 1.165) is 5.56 Å². The highest BCUT2D eigenvalue weighted by molar-refractivity contribution is 5.75. The molecule has 0 radical (unpaired) electrons. The number of phenolic OH excluding ortho intramolecular Hbond substituents is 1. The molecule has 1 aromatic rings. The molecule has 1 atom stereocenters. The Balaban J connectivity index is 2.49. The number of carbonyl (C=O) groups excluding carboxylic acids is 1. The van der Waals surface area contributed by atoms with Crippen LogP contribution in [0.5, 0.6) is 5.75 Å². The van der Waals surface area contributed by atoms with Gasteiger partial charge < -0.3 is 15.2 Å². The van der Waals surface area contributed by atoms with Crippen LogP contribution >= 0.6 is 0 Å². The first-order valence-corrected chi connectivity index (χ1v) is 5.26. The summed E-state index contributed by atoms with van der Waals surface area (Å²) in [5, 5.41) is 12.2. The van der Waals surface area contributed by atoms with E-state index in [4.69, 9.17) is 5.11 Å². The molecular weight excluding hydrogens is 206 g/mol. The summed E-state index contributed by atoms with van der Waals surface area (Å²) < 4.78 is 4.67. The molecule has 0 spiro atoms. The Bertz CT molecular complexity index is 335. The molecule has 4 nitrogen and oxygen atoms in total. The molecule has 0 fully saturated rings. The average Bonchev–Trinajstić information content (AvgIpc) is 2.31. The Labute approximate surface area is 95.2 Å². The van der Waals surface area contributed by atoms with Gasteiger partial charge in [-0.25, -0.2) is 0 Å². The quantitative estimate of drug-likeness (QED) is 0.741. The van der Waals surface area contributed by atoms with Crippen molar-refractivity contribution < 1.29 is 14.6 Å². The highest BCUT2D eigenvalue weighted by Crippen LogP contribution is 2.09. The number of carbonyl (C=O) groups is 1. The van der Waals surface area contributed by atoms with Crippen molar-refractivity contribution in [1.29, 1.82) is 0 Å². The van der Waals surface area contributed by atoms with Crippen molar-refractivity contribution >= 4 is 5.97 Å². The fraction of sp³-hybridized carbons (Fsp3) is 0.417. The molecule has 0 amide bonds. The minimum Gasteiger partial charge on any atom is -0.508 e. The maximum Gasteiger partial charge on any atom is 0.322 e. The Morgan fingerprint density at radius 1 is 1.44 bits per heavy atom. The summed E-state index contributed by atoms with van der Waals surface area (Å²) in [5.74, 6) is -0.00922. The number of hydrogen-bond acceptors (Lipinski definition) is 4. The average molecular weight is 223 g/mol. The molecule has 0 bridgehead atoms.